The van der Waals surface area contributed by atoms with Crippen LogP contribution in [0.1, 0.15) is 34.5 Å². The van der Waals surface area contributed by atoms with Crippen LogP contribution in [0.25, 0.3) is 0 Å². The van der Waals surface area contributed by atoms with Crippen LogP contribution in [0.2, 0.25) is 0 Å². The molecular weight excluding hydrogens is 368 g/mol. The van der Waals surface area contributed by atoms with Gasteiger partial charge in [0.2, 0.25) is 5.91 Å². The van der Waals surface area contributed by atoms with E-state index < -0.39 is 6.04 Å². The monoisotopic (exact) mass is 394 g/mol. The van der Waals surface area contributed by atoms with Crippen molar-refractivity contribution in [1.82, 2.24) is 20.4 Å². The Balaban J connectivity index is 1.67. The van der Waals surface area contributed by atoms with E-state index in [-0.39, 0.29) is 17.8 Å². The van der Waals surface area contributed by atoms with E-state index in [0.717, 1.165) is 11.1 Å². The van der Waals surface area contributed by atoms with E-state index in [1.165, 1.54) is 0 Å². The molecule has 1 aliphatic heterocycles. The lowest BCUT2D eigenvalue weighted by Gasteiger charge is -2.39. The number of hydrogen-bond donors (Lipinski definition) is 2. The van der Waals surface area contributed by atoms with Crippen LogP contribution in [0.15, 0.2) is 54.6 Å². The van der Waals surface area contributed by atoms with Gasteiger partial charge in [0.05, 0.1) is 0 Å². The first kappa shape index (κ1) is 20.4. The maximum atomic E-state index is 12.8. The molecule has 152 valence electrons. The van der Waals surface area contributed by atoms with Gasteiger partial charge >= 0.3 is 6.03 Å². The molecule has 0 bridgehead atoms. The van der Waals surface area contributed by atoms with Gasteiger partial charge < -0.3 is 20.4 Å². The molecule has 0 aliphatic carbocycles. The minimum Gasteiger partial charge on any atom is -0.352 e. The molecule has 7 nitrogen and oxygen atoms in total. The minimum absolute atomic E-state index is 0.0936. The lowest BCUT2D eigenvalue weighted by molar-refractivity contribution is -0.138. The van der Waals surface area contributed by atoms with Gasteiger partial charge in [0.25, 0.3) is 5.91 Å². The fourth-order valence-corrected chi connectivity index (χ4v) is 3.33. The molecule has 2 N–H and O–H groups in total. The summed E-state index contributed by atoms with van der Waals surface area (Å²) in [7, 11) is 1.75. The predicted octanol–water partition coefficient (Wildman–Crippen LogP) is 2.16. The third kappa shape index (κ3) is 4.74. The topological polar surface area (TPSA) is 81.8 Å². The Morgan fingerprint density at radius 3 is 2.34 bits per heavy atom. The molecule has 1 aliphatic rings. The van der Waals surface area contributed by atoms with Crippen LogP contribution in [0.4, 0.5) is 4.79 Å². The van der Waals surface area contributed by atoms with Crippen molar-refractivity contribution in [3.63, 3.8) is 0 Å². The van der Waals surface area contributed by atoms with Crippen LogP contribution in [-0.4, -0.2) is 54.3 Å². The van der Waals surface area contributed by atoms with Crippen LogP contribution in [0, 0.1) is 0 Å². The lowest BCUT2D eigenvalue weighted by Crippen LogP contribution is -2.55. The molecule has 2 aromatic rings. The zero-order chi connectivity index (χ0) is 20.8. The quantitative estimate of drug-likeness (QED) is 0.815. The van der Waals surface area contributed by atoms with Gasteiger partial charge in [0.1, 0.15) is 6.04 Å². The van der Waals surface area contributed by atoms with Gasteiger partial charge in [-0.25, -0.2) is 4.79 Å². The fraction of sp³-hybridized carbons (Fsp3) is 0.318. The van der Waals surface area contributed by atoms with E-state index in [0.29, 0.717) is 31.7 Å². The van der Waals surface area contributed by atoms with E-state index in [4.69, 9.17) is 0 Å². The van der Waals surface area contributed by atoms with Gasteiger partial charge in [-0.05, 0) is 30.2 Å². The molecule has 1 heterocycles. The number of carbonyl (C=O) groups is 3. The smallest absolute Gasteiger partial charge is 0.318 e. The summed E-state index contributed by atoms with van der Waals surface area (Å²) in [6, 6.07) is 15.5. The summed E-state index contributed by atoms with van der Waals surface area (Å²) in [5.41, 5.74) is 2.25. The Morgan fingerprint density at radius 2 is 1.69 bits per heavy atom. The molecule has 1 unspecified atom stereocenters. The molecule has 4 amide bonds. The summed E-state index contributed by atoms with van der Waals surface area (Å²) < 4.78 is 0. The van der Waals surface area contributed by atoms with Crippen molar-refractivity contribution in [2.24, 2.45) is 0 Å². The van der Waals surface area contributed by atoms with Crippen molar-refractivity contribution in [3.8, 4) is 0 Å². The molecule has 29 heavy (non-hydrogen) atoms. The zero-order valence-corrected chi connectivity index (χ0v) is 16.7. The third-order valence-electron chi connectivity index (χ3n) is 4.97. The zero-order valence-electron chi connectivity index (χ0n) is 16.7. The van der Waals surface area contributed by atoms with E-state index >= 15 is 0 Å². The molecule has 1 fully saturated rings. The summed E-state index contributed by atoms with van der Waals surface area (Å²) in [6.07, 6.45) is 0. The van der Waals surface area contributed by atoms with Crippen molar-refractivity contribution in [2.75, 3.05) is 26.7 Å². The number of amides is 4. The average molecular weight is 394 g/mol. The third-order valence-corrected chi connectivity index (χ3v) is 4.97. The van der Waals surface area contributed by atoms with Crippen LogP contribution in [0.3, 0.4) is 0 Å². The van der Waals surface area contributed by atoms with Crippen molar-refractivity contribution in [2.45, 2.75) is 19.5 Å². The molecule has 7 heteroatoms. The van der Waals surface area contributed by atoms with Crippen molar-refractivity contribution < 1.29 is 14.4 Å². The van der Waals surface area contributed by atoms with Crippen molar-refractivity contribution >= 4 is 17.8 Å². The van der Waals surface area contributed by atoms with E-state index in [1.54, 1.807) is 29.0 Å². The second-order valence-corrected chi connectivity index (χ2v) is 6.98. The van der Waals surface area contributed by atoms with Crippen LogP contribution >= 0.6 is 0 Å². The summed E-state index contributed by atoms with van der Waals surface area (Å²) in [5.74, 6) is -0.214. The summed E-state index contributed by atoms with van der Waals surface area (Å²) in [6.45, 7) is 3.72. The SMILES string of the molecule is CCNC(=O)c1ccc(CNC(=O)N2CCN(C)C(=O)C2c2ccccc2)cc1. The predicted molar refractivity (Wildman–Crippen MR) is 110 cm³/mol. The largest absolute Gasteiger partial charge is 0.352 e. The Morgan fingerprint density at radius 1 is 1.00 bits per heavy atom. The van der Waals surface area contributed by atoms with Gasteiger partial charge in [0, 0.05) is 38.8 Å². The van der Waals surface area contributed by atoms with E-state index in [2.05, 4.69) is 10.6 Å². The molecular formula is C22H26N4O3. The summed E-state index contributed by atoms with van der Waals surface area (Å²) >= 11 is 0. The maximum absolute atomic E-state index is 12.8. The normalized spacial score (nSPS) is 16.5. The van der Waals surface area contributed by atoms with Crippen LogP contribution in [-0.2, 0) is 11.3 Å². The Hall–Kier alpha value is -3.35. The highest BCUT2D eigenvalue weighted by molar-refractivity contribution is 5.94. The van der Waals surface area contributed by atoms with Crippen molar-refractivity contribution in [1.29, 1.82) is 0 Å². The number of hydrogen-bond acceptors (Lipinski definition) is 3. The first-order chi connectivity index (χ1) is 14.0. The maximum Gasteiger partial charge on any atom is 0.318 e. The summed E-state index contributed by atoms with van der Waals surface area (Å²) in [4.78, 5) is 40.7. The minimum atomic E-state index is -0.630. The first-order valence-corrected chi connectivity index (χ1v) is 9.72. The van der Waals surface area contributed by atoms with E-state index in [1.807, 2.05) is 49.4 Å². The highest BCUT2D eigenvalue weighted by Gasteiger charge is 2.36. The lowest BCUT2D eigenvalue weighted by atomic mass is 10.0. The fourth-order valence-electron chi connectivity index (χ4n) is 3.33. The number of rotatable bonds is 5. The molecule has 1 saturated heterocycles. The Labute approximate surface area is 170 Å². The molecule has 0 spiro atoms. The number of nitrogens with zero attached hydrogens (tertiary/aromatic N) is 2. The van der Waals surface area contributed by atoms with Crippen LogP contribution < -0.4 is 10.6 Å². The molecule has 2 aromatic carbocycles. The molecule has 0 radical (unpaired) electrons. The number of urea groups is 1. The molecule has 1 atom stereocenters. The molecule has 0 saturated carbocycles. The first-order valence-electron chi connectivity index (χ1n) is 9.72. The second kappa shape index (κ2) is 9.23. The molecule has 3 rings (SSSR count). The second-order valence-electron chi connectivity index (χ2n) is 6.98. The van der Waals surface area contributed by atoms with Crippen molar-refractivity contribution in [3.05, 3.63) is 71.3 Å². The van der Waals surface area contributed by atoms with E-state index in [9.17, 15) is 14.4 Å². The van der Waals surface area contributed by atoms with Gasteiger partial charge in [0.15, 0.2) is 0 Å². The molecule has 0 aromatic heterocycles. The number of piperazine rings is 1. The number of likely N-dealkylation sites (N-methyl/N-ethyl adjacent to an activating group) is 1. The van der Waals surface area contributed by atoms with Gasteiger partial charge in [-0.15, -0.1) is 0 Å². The highest BCUT2D eigenvalue weighted by atomic mass is 16.2. The standard InChI is InChI=1S/C22H26N4O3/c1-3-23-20(27)18-11-9-16(10-12-18)15-24-22(29)26-14-13-25(2)21(28)19(26)17-7-5-4-6-8-17/h4-12,19H,3,13-15H2,1-2H3,(H,23,27)(H,24,29). The average Bonchev–Trinajstić information content (AvgIpc) is 2.75. The Kier molecular flexibility index (Phi) is 6.49. The van der Waals surface area contributed by atoms with Gasteiger partial charge in [-0.1, -0.05) is 42.5 Å². The highest BCUT2D eigenvalue weighted by Crippen LogP contribution is 2.26. The number of nitrogens with one attached hydrogen (secondary N) is 2. The summed E-state index contributed by atoms with van der Waals surface area (Å²) in [5, 5.41) is 5.64. The van der Waals surface area contributed by atoms with Gasteiger partial charge in [-0.2, -0.15) is 0 Å². The number of benzene rings is 2. The van der Waals surface area contributed by atoms with Gasteiger partial charge in [-0.3, -0.25) is 9.59 Å². The number of carbonyl (C=O) groups excluding carboxylic acids is 3. The van der Waals surface area contributed by atoms with Crippen LogP contribution in [0.5, 0.6) is 0 Å². The Bertz CT molecular complexity index is 867.